The van der Waals surface area contributed by atoms with Gasteiger partial charge in [0.1, 0.15) is 5.82 Å². The SMILES string of the molecule is O=C(CC12CC3CC(CC(Br)(C3)C1)C2)Nc1cccc(F)c1. The van der Waals surface area contributed by atoms with Gasteiger partial charge in [-0.3, -0.25) is 4.79 Å². The number of nitrogens with one attached hydrogen (secondary N) is 1. The van der Waals surface area contributed by atoms with Crippen LogP contribution in [0.2, 0.25) is 0 Å². The number of carbonyl (C=O) groups excluding carboxylic acids is 1. The van der Waals surface area contributed by atoms with Crippen LogP contribution in [-0.2, 0) is 4.79 Å². The van der Waals surface area contributed by atoms with E-state index in [0.717, 1.165) is 18.3 Å². The summed E-state index contributed by atoms with van der Waals surface area (Å²) in [6.07, 6.45) is 7.96. The second-order valence-corrected chi connectivity index (χ2v) is 9.53. The Balaban J connectivity index is 1.47. The molecule has 0 spiro atoms. The summed E-state index contributed by atoms with van der Waals surface area (Å²) in [7, 11) is 0. The third kappa shape index (κ3) is 2.70. The molecule has 0 heterocycles. The van der Waals surface area contributed by atoms with Crippen molar-refractivity contribution < 1.29 is 9.18 Å². The molecule has 118 valence electrons. The summed E-state index contributed by atoms with van der Waals surface area (Å²) < 4.78 is 13.5. The minimum absolute atomic E-state index is 0.0312. The molecule has 1 amide bonds. The van der Waals surface area contributed by atoms with Gasteiger partial charge < -0.3 is 5.32 Å². The van der Waals surface area contributed by atoms with E-state index in [1.54, 1.807) is 12.1 Å². The van der Waals surface area contributed by atoms with E-state index in [1.165, 1.54) is 44.2 Å². The Kier molecular flexibility index (Phi) is 3.37. The Morgan fingerprint density at radius 2 is 2.00 bits per heavy atom. The molecular weight excluding hydrogens is 345 g/mol. The number of alkyl halides is 1. The summed E-state index contributed by atoms with van der Waals surface area (Å²) in [6, 6.07) is 6.14. The highest BCUT2D eigenvalue weighted by molar-refractivity contribution is 9.10. The fourth-order valence-electron chi connectivity index (χ4n) is 5.65. The number of hydrogen-bond donors (Lipinski definition) is 1. The summed E-state index contributed by atoms with van der Waals surface area (Å²) in [6.45, 7) is 0. The molecular formula is C18H21BrFNO. The van der Waals surface area contributed by atoms with Crippen LogP contribution in [0.4, 0.5) is 10.1 Å². The van der Waals surface area contributed by atoms with Gasteiger partial charge in [0.2, 0.25) is 5.91 Å². The van der Waals surface area contributed by atoms with Gasteiger partial charge in [0, 0.05) is 16.4 Å². The number of carbonyl (C=O) groups is 1. The molecule has 1 aromatic carbocycles. The molecule has 4 heteroatoms. The highest BCUT2D eigenvalue weighted by atomic mass is 79.9. The maximum atomic E-state index is 13.2. The third-order valence-corrected chi connectivity index (χ3v) is 6.68. The Hall–Kier alpha value is -0.900. The first-order chi connectivity index (χ1) is 10.4. The minimum Gasteiger partial charge on any atom is -0.326 e. The van der Waals surface area contributed by atoms with Crippen LogP contribution >= 0.6 is 15.9 Å². The molecule has 4 bridgehead atoms. The largest absolute Gasteiger partial charge is 0.326 e. The average molecular weight is 366 g/mol. The van der Waals surface area contributed by atoms with Gasteiger partial charge in [-0.2, -0.15) is 0 Å². The first kappa shape index (κ1) is 14.7. The van der Waals surface area contributed by atoms with Gasteiger partial charge in [-0.1, -0.05) is 22.0 Å². The summed E-state index contributed by atoms with van der Waals surface area (Å²) in [4.78, 5) is 12.5. The van der Waals surface area contributed by atoms with Crippen LogP contribution in [0.3, 0.4) is 0 Å². The van der Waals surface area contributed by atoms with Crippen LogP contribution < -0.4 is 5.32 Å². The molecule has 1 aromatic rings. The van der Waals surface area contributed by atoms with Crippen LogP contribution in [-0.4, -0.2) is 10.2 Å². The van der Waals surface area contributed by atoms with Gasteiger partial charge in [-0.15, -0.1) is 0 Å². The summed E-state index contributed by atoms with van der Waals surface area (Å²) >= 11 is 3.98. The molecule has 4 fully saturated rings. The van der Waals surface area contributed by atoms with Crippen molar-refractivity contribution >= 4 is 27.5 Å². The highest BCUT2D eigenvalue weighted by Crippen LogP contribution is 2.65. The average Bonchev–Trinajstić information content (AvgIpc) is 2.34. The van der Waals surface area contributed by atoms with Crippen LogP contribution in [0, 0.1) is 23.1 Å². The molecule has 5 rings (SSSR count). The third-order valence-electron chi connectivity index (χ3n) is 5.75. The number of benzene rings is 1. The Bertz CT molecular complexity index is 603. The van der Waals surface area contributed by atoms with Crippen LogP contribution in [0.15, 0.2) is 24.3 Å². The molecule has 1 N–H and O–H groups in total. The lowest BCUT2D eigenvalue weighted by molar-refractivity contribution is -0.123. The van der Waals surface area contributed by atoms with Gasteiger partial charge in [0.15, 0.2) is 0 Å². The molecule has 0 aromatic heterocycles. The van der Waals surface area contributed by atoms with Crippen molar-refractivity contribution in [1.82, 2.24) is 0 Å². The van der Waals surface area contributed by atoms with E-state index in [4.69, 9.17) is 0 Å². The molecule has 22 heavy (non-hydrogen) atoms. The first-order valence-electron chi connectivity index (χ1n) is 8.18. The van der Waals surface area contributed by atoms with Crippen LogP contribution in [0.25, 0.3) is 0 Å². The van der Waals surface area contributed by atoms with Gasteiger partial charge in [0.25, 0.3) is 0 Å². The van der Waals surface area contributed by atoms with E-state index in [-0.39, 0.29) is 21.5 Å². The predicted octanol–water partition coefficient (Wildman–Crippen LogP) is 4.89. The van der Waals surface area contributed by atoms with Gasteiger partial charge in [-0.05, 0) is 74.0 Å². The zero-order valence-electron chi connectivity index (χ0n) is 12.6. The minimum atomic E-state index is -0.313. The van der Waals surface area contributed by atoms with E-state index in [1.807, 2.05) is 0 Å². The lowest BCUT2D eigenvalue weighted by Gasteiger charge is -2.60. The number of hydrogen-bond acceptors (Lipinski definition) is 1. The summed E-state index contributed by atoms with van der Waals surface area (Å²) in [5.74, 6) is 1.28. The summed E-state index contributed by atoms with van der Waals surface area (Å²) in [5, 5.41) is 2.88. The van der Waals surface area contributed by atoms with Crippen molar-refractivity contribution in [3.63, 3.8) is 0 Å². The fourth-order valence-corrected chi connectivity index (χ4v) is 7.17. The normalized spacial score (nSPS) is 39.0. The van der Waals surface area contributed by atoms with Crippen LogP contribution in [0.1, 0.15) is 44.9 Å². The van der Waals surface area contributed by atoms with E-state index in [0.29, 0.717) is 12.1 Å². The lowest BCUT2D eigenvalue weighted by Crippen LogP contribution is -2.53. The molecule has 4 aliphatic rings. The van der Waals surface area contributed by atoms with E-state index in [9.17, 15) is 9.18 Å². The fraction of sp³-hybridized carbons (Fsp3) is 0.611. The smallest absolute Gasteiger partial charge is 0.224 e. The van der Waals surface area contributed by atoms with E-state index >= 15 is 0 Å². The lowest BCUT2D eigenvalue weighted by atomic mass is 9.48. The highest BCUT2D eigenvalue weighted by Gasteiger charge is 2.57. The molecule has 2 nitrogen and oxygen atoms in total. The van der Waals surface area contributed by atoms with Crippen molar-refractivity contribution in [3.8, 4) is 0 Å². The molecule has 0 saturated heterocycles. The zero-order chi connectivity index (χ0) is 15.4. The first-order valence-corrected chi connectivity index (χ1v) is 8.97. The quantitative estimate of drug-likeness (QED) is 0.759. The zero-order valence-corrected chi connectivity index (χ0v) is 14.2. The maximum Gasteiger partial charge on any atom is 0.224 e. The molecule has 0 radical (unpaired) electrons. The number of amides is 1. The maximum absolute atomic E-state index is 13.2. The number of anilines is 1. The van der Waals surface area contributed by atoms with Crippen molar-refractivity contribution in [3.05, 3.63) is 30.1 Å². The Morgan fingerprint density at radius 3 is 2.64 bits per heavy atom. The van der Waals surface area contributed by atoms with Gasteiger partial charge in [-0.25, -0.2) is 4.39 Å². The van der Waals surface area contributed by atoms with Crippen molar-refractivity contribution in [2.75, 3.05) is 5.32 Å². The van der Waals surface area contributed by atoms with Crippen molar-refractivity contribution in [1.29, 1.82) is 0 Å². The number of rotatable bonds is 3. The number of halogens is 2. The second-order valence-electron chi connectivity index (χ2n) is 7.85. The van der Waals surface area contributed by atoms with E-state index in [2.05, 4.69) is 21.2 Å². The van der Waals surface area contributed by atoms with Crippen molar-refractivity contribution in [2.45, 2.75) is 49.3 Å². The van der Waals surface area contributed by atoms with Crippen molar-refractivity contribution in [2.24, 2.45) is 17.3 Å². The molecule has 0 aliphatic heterocycles. The molecule has 4 aliphatic carbocycles. The van der Waals surface area contributed by atoms with Gasteiger partial charge in [0.05, 0.1) is 0 Å². The van der Waals surface area contributed by atoms with E-state index < -0.39 is 0 Å². The standard InChI is InChI=1S/C18H21BrFNO/c19-18-8-12-4-13(9-18)7-17(6-12,11-18)10-16(22)21-15-3-1-2-14(20)5-15/h1-3,5,12-13H,4,6-11H2,(H,21,22). The molecule has 2 unspecified atom stereocenters. The topological polar surface area (TPSA) is 29.1 Å². The second kappa shape index (κ2) is 5.05. The molecule has 2 atom stereocenters. The van der Waals surface area contributed by atoms with Crippen LogP contribution in [0.5, 0.6) is 0 Å². The molecule has 4 saturated carbocycles. The summed E-state index contributed by atoms with van der Waals surface area (Å²) in [5.41, 5.74) is 0.716. The Morgan fingerprint density at radius 1 is 1.27 bits per heavy atom. The Labute approximate surface area is 139 Å². The predicted molar refractivity (Wildman–Crippen MR) is 88.4 cm³/mol. The van der Waals surface area contributed by atoms with Gasteiger partial charge >= 0.3 is 0 Å². The monoisotopic (exact) mass is 365 g/mol.